The van der Waals surface area contributed by atoms with Crippen LogP contribution in [0.2, 0.25) is 0 Å². The second kappa shape index (κ2) is 10.9. The number of piperazine rings is 1. The molecular weight excluding hydrogens is 368 g/mol. The minimum Gasteiger partial charge on any atom is -0.497 e. The predicted molar refractivity (Wildman–Crippen MR) is 120 cm³/mol. The summed E-state index contributed by atoms with van der Waals surface area (Å²) in [6.07, 6.45) is 1.09. The van der Waals surface area contributed by atoms with Crippen LogP contribution >= 0.6 is 12.2 Å². The van der Waals surface area contributed by atoms with Crippen molar-refractivity contribution in [2.24, 2.45) is 0 Å². The molecule has 6 heteroatoms. The van der Waals surface area contributed by atoms with Crippen LogP contribution in [0.25, 0.3) is 0 Å². The zero-order valence-electron chi connectivity index (χ0n) is 16.6. The van der Waals surface area contributed by atoms with E-state index in [1.165, 1.54) is 11.3 Å². The Bertz CT molecular complexity index is 715. The maximum absolute atomic E-state index is 5.36. The third-order valence-electron chi connectivity index (χ3n) is 5.04. The highest BCUT2D eigenvalue weighted by molar-refractivity contribution is 7.80. The van der Waals surface area contributed by atoms with E-state index in [1.807, 2.05) is 30.3 Å². The van der Waals surface area contributed by atoms with Crippen molar-refractivity contribution in [1.29, 1.82) is 0 Å². The van der Waals surface area contributed by atoms with E-state index in [2.05, 4.69) is 44.7 Å². The van der Waals surface area contributed by atoms with Gasteiger partial charge in [0.15, 0.2) is 5.11 Å². The van der Waals surface area contributed by atoms with Crippen molar-refractivity contribution in [2.75, 3.05) is 51.3 Å². The molecule has 0 radical (unpaired) electrons. The fourth-order valence-electron chi connectivity index (χ4n) is 3.37. The summed E-state index contributed by atoms with van der Waals surface area (Å²) in [5, 5.41) is 7.30. The van der Waals surface area contributed by atoms with E-state index in [0.29, 0.717) is 0 Å². The highest BCUT2D eigenvalue weighted by Gasteiger charge is 2.16. The van der Waals surface area contributed by atoms with Crippen LogP contribution in [0.4, 0.5) is 5.69 Å². The Balaban J connectivity index is 1.27. The fraction of sp³-hybridized carbons (Fsp3) is 0.409. The Morgan fingerprint density at radius 3 is 2.36 bits per heavy atom. The van der Waals surface area contributed by atoms with Gasteiger partial charge in [0, 0.05) is 45.0 Å². The van der Waals surface area contributed by atoms with Gasteiger partial charge in [0.2, 0.25) is 0 Å². The van der Waals surface area contributed by atoms with Gasteiger partial charge < -0.3 is 20.3 Å². The lowest BCUT2D eigenvalue weighted by atomic mass is 10.2. The van der Waals surface area contributed by atoms with Crippen LogP contribution in [0.15, 0.2) is 54.6 Å². The molecule has 5 nitrogen and oxygen atoms in total. The standard InChI is InChI=1S/C22H30N4OS/c1-27-21-10-8-20(9-11-21)26-16-14-25(15-17-26)13-5-12-23-22(28)24-18-19-6-3-2-4-7-19/h2-4,6-11H,5,12-18H2,1H3,(H2,23,24,28). The minimum absolute atomic E-state index is 0.730. The number of ether oxygens (including phenoxy) is 1. The van der Waals surface area contributed by atoms with Crippen LogP contribution < -0.4 is 20.3 Å². The molecule has 0 bridgehead atoms. The number of benzene rings is 2. The van der Waals surface area contributed by atoms with Crippen molar-refractivity contribution in [3.8, 4) is 5.75 Å². The quantitative estimate of drug-likeness (QED) is 0.526. The predicted octanol–water partition coefficient (Wildman–Crippen LogP) is 2.87. The molecule has 1 saturated heterocycles. The smallest absolute Gasteiger partial charge is 0.166 e. The van der Waals surface area contributed by atoms with Gasteiger partial charge in [-0.25, -0.2) is 0 Å². The molecule has 0 spiro atoms. The number of nitrogens with zero attached hydrogens (tertiary/aromatic N) is 2. The van der Waals surface area contributed by atoms with Gasteiger partial charge in [0.05, 0.1) is 7.11 Å². The highest BCUT2D eigenvalue weighted by Crippen LogP contribution is 2.20. The number of hydrogen-bond donors (Lipinski definition) is 2. The van der Waals surface area contributed by atoms with Crippen LogP contribution in [-0.4, -0.2) is 56.4 Å². The van der Waals surface area contributed by atoms with Crippen LogP contribution in [0.1, 0.15) is 12.0 Å². The number of hydrogen-bond acceptors (Lipinski definition) is 4. The summed E-state index contributed by atoms with van der Waals surface area (Å²) in [5.74, 6) is 0.908. The number of methoxy groups -OCH3 is 1. The lowest BCUT2D eigenvalue weighted by molar-refractivity contribution is 0.255. The van der Waals surface area contributed by atoms with Crippen molar-refractivity contribution in [3.63, 3.8) is 0 Å². The number of thiocarbonyl (C=S) groups is 1. The van der Waals surface area contributed by atoms with Crippen molar-refractivity contribution >= 4 is 23.0 Å². The molecule has 0 amide bonds. The third-order valence-corrected chi connectivity index (χ3v) is 5.33. The molecule has 2 aromatic carbocycles. The molecule has 3 rings (SSSR count). The molecule has 1 heterocycles. The molecule has 0 aromatic heterocycles. The summed E-state index contributed by atoms with van der Waals surface area (Å²) in [6.45, 7) is 7.10. The normalized spacial score (nSPS) is 14.5. The average molecular weight is 399 g/mol. The lowest BCUT2D eigenvalue weighted by Crippen LogP contribution is -2.47. The maximum atomic E-state index is 5.36. The molecule has 0 aliphatic carbocycles. The van der Waals surface area contributed by atoms with E-state index >= 15 is 0 Å². The van der Waals surface area contributed by atoms with Crippen molar-refractivity contribution in [2.45, 2.75) is 13.0 Å². The molecule has 0 atom stereocenters. The van der Waals surface area contributed by atoms with Crippen LogP contribution in [0.3, 0.4) is 0 Å². The third kappa shape index (κ3) is 6.39. The van der Waals surface area contributed by atoms with Gasteiger partial charge in [-0.2, -0.15) is 0 Å². The first-order chi connectivity index (χ1) is 13.7. The number of anilines is 1. The Kier molecular flexibility index (Phi) is 7.94. The van der Waals surface area contributed by atoms with Gasteiger partial charge in [-0.1, -0.05) is 30.3 Å². The Hall–Kier alpha value is -2.31. The summed E-state index contributed by atoms with van der Waals surface area (Å²) in [4.78, 5) is 4.97. The molecule has 0 saturated carbocycles. The van der Waals surface area contributed by atoms with Crippen molar-refractivity contribution < 1.29 is 4.74 Å². The van der Waals surface area contributed by atoms with Gasteiger partial charge >= 0.3 is 0 Å². The zero-order chi connectivity index (χ0) is 19.6. The zero-order valence-corrected chi connectivity index (χ0v) is 17.4. The summed E-state index contributed by atoms with van der Waals surface area (Å²) in [6, 6.07) is 18.6. The number of nitrogens with one attached hydrogen (secondary N) is 2. The van der Waals surface area contributed by atoms with Gasteiger partial charge in [0.1, 0.15) is 5.75 Å². The first-order valence-electron chi connectivity index (χ1n) is 9.91. The summed E-state index contributed by atoms with van der Waals surface area (Å²) in [5.41, 5.74) is 2.51. The molecule has 28 heavy (non-hydrogen) atoms. The molecule has 1 aliphatic rings. The molecule has 1 fully saturated rings. The average Bonchev–Trinajstić information content (AvgIpc) is 2.76. The minimum atomic E-state index is 0.730. The SMILES string of the molecule is COc1ccc(N2CCN(CCCNC(=S)NCc3ccccc3)CC2)cc1. The number of rotatable bonds is 8. The fourth-order valence-corrected chi connectivity index (χ4v) is 3.54. The Labute approximate surface area is 173 Å². The van der Waals surface area contributed by atoms with E-state index in [-0.39, 0.29) is 0 Å². The molecule has 2 N–H and O–H groups in total. The second-order valence-electron chi connectivity index (χ2n) is 6.98. The van der Waals surface area contributed by atoms with Crippen molar-refractivity contribution in [1.82, 2.24) is 15.5 Å². The summed E-state index contributed by atoms with van der Waals surface area (Å²) in [7, 11) is 1.70. The van der Waals surface area contributed by atoms with Gasteiger partial charge in [-0.15, -0.1) is 0 Å². The van der Waals surface area contributed by atoms with Gasteiger partial charge in [-0.05, 0) is 55.0 Å². The monoisotopic (exact) mass is 398 g/mol. The largest absolute Gasteiger partial charge is 0.497 e. The highest BCUT2D eigenvalue weighted by atomic mass is 32.1. The molecular formula is C22H30N4OS. The maximum Gasteiger partial charge on any atom is 0.166 e. The lowest BCUT2D eigenvalue weighted by Gasteiger charge is -2.36. The van der Waals surface area contributed by atoms with E-state index in [0.717, 1.165) is 63.1 Å². The topological polar surface area (TPSA) is 39.8 Å². The Morgan fingerprint density at radius 2 is 1.68 bits per heavy atom. The molecule has 2 aromatic rings. The summed E-state index contributed by atoms with van der Waals surface area (Å²) < 4.78 is 5.24. The summed E-state index contributed by atoms with van der Waals surface area (Å²) >= 11 is 5.36. The van der Waals surface area contributed by atoms with E-state index in [1.54, 1.807) is 7.11 Å². The van der Waals surface area contributed by atoms with Crippen LogP contribution in [0, 0.1) is 0 Å². The van der Waals surface area contributed by atoms with Crippen LogP contribution in [-0.2, 0) is 6.54 Å². The van der Waals surface area contributed by atoms with Crippen LogP contribution in [0.5, 0.6) is 5.75 Å². The molecule has 150 valence electrons. The van der Waals surface area contributed by atoms with E-state index in [9.17, 15) is 0 Å². The second-order valence-corrected chi connectivity index (χ2v) is 7.38. The first kappa shape index (κ1) is 20.4. The van der Waals surface area contributed by atoms with Gasteiger partial charge in [-0.3, -0.25) is 4.90 Å². The van der Waals surface area contributed by atoms with E-state index < -0.39 is 0 Å². The van der Waals surface area contributed by atoms with E-state index in [4.69, 9.17) is 17.0 Å². The first-order valence-corrected chi connectivity index (χ1v) is 10.3. The van der Waals surface area contributed by atoms with Gasteiger partial charge in [0.25, 0.3) is 0 Å². The van der Waals surface area contributed by atoms with Crippen molar-refractivity contribution in [3.05, 3.63) is 60.2 Å². The molecule has 0 unspecified atom stereocenters. The molecule has 1 aliphatic heterocycles. The Morgan fingerprint density at radius 1 is 0.964 bits per heavy atom.